The van der Waals surface area contributed by atoms with Crippen molar-refractivity contribution in [1.82, 2.24) is 19.5 Å². The first-order valence-electron chi connectivity index (χ1n) is 9.02. The number of ether oxygens (including phenoxy) is 1. The smallest absolute Gasteiger partial charge is 0.163 e. The second-order valence-corrected chi connectivity index (χ2v) is 14.3. The monoisotopic (exact) mass is 402 g/mol. The molecule has 0 aliphatic heterocycles. The molecule has 27 heavy (non-hydrogen) atoms. The molecule has 0 fully saturated rings. The highest BCUT2D eigenvalue weighted by atomic mass is 32.1. The van der Waals surface area contributed by atoms with E-state index < -0.39 is 14.2 Å². The summed E-state index contributed by atoms with van der Waals surface area (Å²) in [6, 6.07) is 5.05. The second kappa shape index (κ2) is 8.88. The van der Waals surface area contributed by atoms with Gasteiger partial charge in [0.1, 0.15) is 17.6 Å². The van der Waals surface area contributed by atoms with Gasteiger partial charge in [-0.2, -0.15) is 0 Å². The number of rotatable bonds is 9. The van der Waals surface area contributed by atoms with E-state index in [1.54, 1.807) is 18.6 Å². The normalized spacial score (nSPS) is 13.0. The van der Waals surface area contributed by atoms with E-state index in [-0.39, 0.29) is 0 Å². The van der Waals surface area contributed by atoms with E-state index in [1.165, 1.54) is 11.3 Å². The number of hydrogen-bond acceptors (Lipinski definition) is 6. The summed E-state index contributed by atoms with van der Waals surface area (Å²) in [4.78, 5) is 13.0. The lowest BCUT2D eigenvalue weighted by Gasteiger charge is -2.16. The largest absolute Gasteiger partial charge is 0.378 e. The molecule has 3 heterocycles. The molecule has 3 aromatic heterocycles. The lowest BCUT2D eigenvalue weighted by atomic mass is 10.1. The molecule has 8 heteroatoms. The van der Waals surface area contributed by atoms with Crippen molar-refractivity contribution in [1.29, 1.82) is 0 Å². The van der Waals surface area contributed by atoms with Gasteiger partial charge in [0.15, 0.2) is 6.10 Å². The van der Waals surface area contributed by atoms with Gasteiger partial charge in [0, 0.05) is 51.3 Å². The maximum Gasteiger partial charge on any atom is 0.163 e. The lowest BCUT2D eigenvalue weighted by molar-refractivity contribution is 0.0786. The van der Waals surface area contributed by atoms with Gasteiger partial charge in [-0.1, -0.05) is 19.6 Å². The molecule has 3 rings (SSSR count). The van der Waals surface area contributed by atoms with Crippen LogP contribution in [0.25, 0.3) is 0 Å². The lowest BCUT2D eigenvalue weighted by Crippen LogP contribution is -2.22. The van der Waals surface area contributed by atoms with E-state index >= 15 is 0 Å². The van der Waals surface area contributed by atoms with Crippen LogP contribution in [0.3, 0.4) is 0 Å². The van der Waals surface area contributed by atoms with Gasteiger partial charge in [0.25, 0.3) is 0 Å². The van der Waals surface area contributed by atoms with Crippen molar-refractivity contribution in [2.45, 2.75) is 44.9 Å². The van der Waals surface area contributed by atoms with Gasteiger partial charge in [-0.3, -0.25) is 4.98 Å². The first kappa shape index (κ1) is 19.9. The molecule has 6 nitrogen and oxygen atoms in total. The van der Waals surface area contributed by atoms with Gasteiger partial charge in [-0.25, -0.2) is 9.97 Å². The molecule has 144 valence electrons. The summed E-state index contributed by atoms with van der Waals surface area (Å²) in [5.74, 6) is 0.571. The van der Waals surface area contributed by atoms with Gasteiger partial charge in [0.05, 0.1) is 5.69 Å². The van der Waals surface area contributed by atoms with E-state index in [1.807, 2.05) is 28.3 Å². The Balaban J connectivity index is 1.76. The summed E-state index contributed by atoms with van der Waals surface area (Å²) < 4.78 is 7.78. The summed E-state index contributed by atoms with van der Waals surface area (Å²) in [5.41, 5.74) is 2.02. The predicted octanol–water partition coefficient (Wildman–Crippen LogP) is 3.72. The molecule has 0 bridgehead atoms. The van der Waals surface area contributed by atoms with Gasteiger partial charge < -0.3 is 14.4 Å². The minimum absolute atomic E-state index is 0.381. The second-order valence-electron chi connectivity index (χ2n) is 7.71. The fourth-order valence-corrected chi connectivity index (χ4v) is 4.00. The zero-order valence-corrected chi connectivity index (χ0v) is 17.8. The van der Waals surface area contributed by atoms with Crippen LogP contribution in [0.15, 0.2) is 42.3 Å². The minimum Gasteiger partial charge on any atom is -0.378 e. The average Bonchev–Trinajstić information content (AvgIpc) is 3.28. The van der Waals surface area contributed by atoms with Gasteiger partial charge in [-0.05, 0) is 23.7 Å². The Bertz CT molecular complexity index is 831. The number of imidazole rings is 1. The molecule has 1 unspecified atom stereocenters. The van der Waals surface area contributed by atoms with E-state index in [2.05, 4.69) is 34.6 Å². The molecule has 0 spiro atoms. The number of hydrogen-bond donors (Lipinski definition) is 1. The highest BCUT2D eigenvalue weighted by Gasteiger charge is 2.21. The molecule has 0 aliphatic carbocycles. The minimum atomic E-state index is -1.13. The van der Waals surface area contributed by atoms with E-state index in [4.69, 9.17) is 4.74 Å². The Morgan fingerprint density at radius 1 is 1.22 bits per heavy atom. The number of pyridine rings is 1. The molecular formula is C19H26N4O2SSi. The Kier molecular flexibility index (Phi) is 6.54. The van der Waals surface area contributed by atoms with Crippen LogP contribution in [0.1, 0.15) is 28.2 Å². The van der Waals surface area contributed by atoms with E-state index in [0.29, 0.717) is 24.0 Å². The van der Waals surface area contributed by atoms with Gasteiger partial charge >= 0.3 is 0 Å². The van der Waals surface area contributed by atoms with Crippen LogP contribution in [-0.4, -0.2) is 39.3 Å². The quantitative estimate of drug-likeness (QED) is 0.436. The van der Waals surface area contributed by atoms with Crippen LogP contribution < -0.4 is 0 Å². The number of aromatic nitrogens is 4. The summed E-state index contributed by atoms with van der Waals surface area (Å²) in [6.07, 6.45) is 7.03. The van der Waals surface area contributed by atoms with Crippen LogP contribution in [0.2, 0.25) is 25.7 Å². The Hall–Kier alpha value is -1.87. The van der Waals surface area contributed by atoms with Crippen LogP contribution in [-0.2, 0) is 17.9 Å². The van der Waals surface area contributed by atoms with Crippen LogP contribution in [0.5, 0.6) is 0 Å². The zero-order chi connectivity index (χ0) is 19.3. The van der Waals surface area contributed by atoms with Crippen LogP contribution in [0.4, 0.5) is 0 Å². The van der Waals surface area contributed by atoms with Crippen molar-refractivity contribution in [2.75, 3.05) is 6.61 Å². The third-order valence-electron chi connectivity index (χ3n) is 4.15. The topological polar surface area (TPSA) is 73.1 Å². The summed E-state index contributed by atoms with van der Waals surface area (Å²) in [7, 11) is -1.13. The maximum atomic E-state index is 10.7. The van der Waals surface area contributed by atoms with Crippen LogP contribution >= 0.6 is 11.3 Å². The molecule has 1 N–H and O–H groups in total. The van der Waals surface area contributed by atoms with Crippen molar-refractivity contribution < 1.29 is 9.84 Å². The van der Waals surface area contributed by atoms with Gasteiger partial charge in [-0.15, -0.1) is 11.3 Å². The number of aliphatic hydroxyl groups excluding tert-OH is 1. The van der Waals surface area contributed by atoms with Crippen molar-refractivity contribution in [3.05, 3.63) is 64.4 Å². The Morgan fingerprint density at radius 2 is 2.00 bits per heavy atom. The van der Waals surface area contributed by atoms with Gasteiger partial charge in [0.2, 0.25) is 0 Å². The van der Waals surface area contributed by atoms with Crippen molar-refractivity contribution in [3.8, 4) is 0 Å². The fourth-order valence-electron chi connectivity index (χ4n) is 2.62. The fraction of sp³-hybridized carbons (Fsp3) is 0.421. The Morgan fingerprint density at radius 3 is 2.67 bits per heavy atom. The third kappa shape index (κ3) is 5.80. The third-order valence-corrected chi connectivity index (χ3v) is 6.68. The summed E-state index contributed by atoms with van der Waals surface area (Å²) in [6.45, 7) is 8.10. The number of aliphatic hydroxyl groups is 1. The van der Waals surface area contributed by atoms with Crippen LogP contribution in [0, 0.1) is 0 Å². The molecule has 3 aromatic rings. The molecule has 0 saturated carbocycles. The van der Waals surface area contributed by atoms with Crippen molar-refractivity contribution in [3.63, 3.8) is 0 Å². The molecule has 0 aromatic carbocycles. The predicted molar refractivity (Wildman–Crippen MR) is 110 cm³/mol. The SMILES string of the molecule is C[Si](C)(C)CCOCn1cc(Cc2ccncc2)nc1C(O)c1nccs1. The first-order valence-corrected chi connectivity index (χ1v) is 13.6. The first-order chi connectivity index (χ1) is 12.9. The van der Waals surface area contributed by atoms with Crippen molar-refractivity contribution in [2.24, 2.45) is 0 Å². The zero-order valence-electron chi connectivity index (χ0n) is 16.0. The maximum absolute atomic E-state index is 10.7. The van der Waals surface area contributed by atoms with Crippen molar-refractivity contribution >= 4 is 19.4 Å². The highest BCUT2D eigenvalue weighted by molar-refractivity contribution is 7.09. The molecule has 0 saturated heterocycles. The molecule has 0 radical (unpaired) electrons. The number of nitrogens with zero attached hydrogens (tertiary/aromatic N) is 4. The molecule has 0 aliphatic rings. The number of thiazole rings is 1. The van der Waals surface area contributed by atoms with E-state index in [0.717, 1.165) is 23.9 Å². The highest BCUT2D eigenvalue weighted by Crippen LogP contribution is 2.24. The summed E-state index contributed by atoms with van der Waals surface area (Å²) in [5, 5.41) is 13.2. The Labute approximate surface area is 164 Å². The van der Waals surface area contributed by atoms with E-state index in [9.17, 15) is 5.11 Å². The molecule has 0 amide bonds. The summed E-state index contributed by atoms with van der Waals surface area (Å²) >= 11 is 1.42. The standard InChI is InChI=1S/C19H26N4O2SSi/c1-27(2,3)11-9-25-14-23-13-16(12-15-4-6-20-7-5-15)22-18(23)17(24)19-21-8-10-26-19/h4-8,10,13,17,24H,9,11-12,14H2,1-3H3. The average molecular weight is 403 g/mol. The molecule has 1 atom stereocenters. The molecular weight excluding hydrogens is 376 g/mol.